The summed E-state index contributed by atoms with van der Waals surface area (Å²) in [6.07, 6.45) is 3.91. The molecule has 1 aromatic rings. The first kappa shape index (κ1) is 16.6. The minimum Gasteiger partial charge on any atom is -0.383 e. The summed E-state index contributed by atoms with van der Waals surface area (Å²) in [6, 6.07) is 6.25. The van der Waals surface area contributed by atoms with Crippen LogP contribution in [0.4, 0.5) is 5.69 Å². The standard InChI is InChI=1S/C17H27ClN2O/c1-3-5-14-8-10-20(13-14)17-7-4-6-16(18)15(17)12-19-9-11-21-2/h4,6-7,14,19H,3,5,8-13H2,1-2H3. The van der Waals surface area contributed by atoms with E-state index in [0.29, 0.717) is 0 Å². The lowest BCUT2D eigenvalue weighted by Crippen LogP contribution is -2.24. The minimum absolute atomic E-state index is 0.724. The average molecular weight is 311 g/mol. The van der Waals surface area contributed by atoms with Crippen molar-refractivity contribution < 1.29 is 4.74 Å². The van der Waals surface area contributed by atoms with Crippen LogP contribution in [0.3, 0.4) is 0 Å². The number of ether oxygens (including phenoxy) is 1. The van der Waals surface area contributed by atoms with Crippen LogP contribution in [0.5, 0.6) is 0 Å². The smallest absolute Gasteiger partial charge is 0.0587 e. The van der Waals surface area contributed by atoms with Gasteiger partial charge in [0, 0.05) is 49.6 Å². The Kier molecular flexibility index (Phi) is 6.81. The Morgan fingerprint density at radius 2 is 2.29 bits per heavy atom. The van der Waals surface area contributed by atoms with Gasteiger partial charge < -0.3 is 15.0 Å². The molecule has 2 rings (SSSR count). The van der Waals surface area contributed by atoms with Gasteiger partial charge in [-0.1, -0.05) is 31.0 Å². The van der Waals surface area contributed by atoms with Gasteiger partial charge in [-0.15, -0.1) is 0 Å². The molecule has 0 bridgehead atoms. The van der Waals surface area contributed by atoms with E-state index >= 15 is 0 Å². The third-order valence-corrected chi connectivity index (χ3v) is 4.56. The van der Waals surface area contributed by atoms with Gasteiger partial charge in [-0.05, 0) is 30.9 Å². The first-order chi connectivity index (χ1) is 10.3. The lowest BCUT2D eigenvalue weighted by molar-refractivity contribution is 0.199. The van der Waals surface area contributed by atoms with Gasteiger partial charge in [0.05, 0.1) is 6.61 Å². The fraction of sp³-hybridized carbons (Fsp3) is 0.647. The van der Waals surface area contributed by atoms with Crippen LogP contribution < -0.4 is 10.2 Å². The average Bonchev–Trinajstić information content (AvgIpc) is 2.94. The molecule has 4 heteroatoms. The maximum atomic E-state index is 6.42. The predicted molar refractivity (Wildman–Crippen MR) is 90.3 cm³/mol. The molecule has 1 heterocycles. The van der Waals surface area contributed by atoms with E-state index in [9.17, 15) is 0 Å². The quantitative estimate of drug-likeness (QED) is 0.741. The number of nitrogens with zero attached hydrogens (tertiary/aromatic N) is 1. The normalized spacial score (nSPS) is 18.4. The molecule has 1 aliphatic rings. The zero-order valence-corrected chi connectivity index (χ0v) is 14.0. The topological polar surface area (TPSA) is 24.5 Å². The molecular formula is C17H27ClN2O. The largest absolute Gasteiger partial charge is 0.383 e. The molecule has 0 radical (unpaired) electrons. The number of hydrogen-bond donors (Lipinski definition) is 1. The zero-order valence-electron chi connectivity index (χ0n) is 13.2. The number of nitrogens with one attached hydrogen (secondary N) is 1. The molecule has 1 atom stereocenters. The Hall–Kier alpha value is -0.770. The third kappa shape index (κ3) is 4.60. The second-order valence-electron chi connectivity index (χ2n) is 5.80. The van der Waals surface area contributed by atoms with Crippen LogP contribution in [-0.4, -0.2) is 33.4 Å². The Labute approximate surface area is 133 Å². The van der Waals surface area contributed by atoms with Crippen LogP contribution in [0, 0.1) is 5.92 Å². The van der Waals surface area contributed by atoms with E-state index in [1.165, 1.54) is 37.1 Å². The zero-order chi connectivity index (χ0) is 15.1. The van der Waals surface area contributed by atoms with Gasteiger partial charge in [-0.3, -0.25) is 0 Å². The molecule has 1 aromatic carbocycles. The van der Waals surface area contributed by atoms with Crippen molar-refractivity contribution in [3.63, 3.8) is 0 Å². The van der Waals surface area contributed by atoms with Gasteiger partial charge in [0.1, 0.15) is 0 Å². The summed E-state index contributed by atoms with van der Waals surface area (Å²) in [4.78, 5) is 2.50. The number of rotatable bonds is 8. The Morgan fingerprint density at radius 1 is 1.43 bits per heavy atom. The molecule has 0 aliphatic carbocycles. The number of anilines is 1. The van der Waals surface area contributed by atoms with E-state index in [4.69, 9.17) is 16.3 Å². The van der Waals surface area contributed by atoms with Crippen molar-refractivity contribution >= 4 is 17.3 Å². The molecule has 1 aliphatic heterocycles. The van der Waals surface area contributed by atoms with Gasteiger partial charge in [-0.25, -0.2) is 0 Å². The molecule has 0 aromatic heterocycles. The van der Waals surface area contributed by atoms with Crippen LogP contribution in [0.2, 0.25) is 5.02 Å². The lowest BCUT2D eigenvalue weighted by Gasteiger charge is -2.23. The fourth-order valence-corrected chi connectivity index (χ4v) is 3.34. The summed E-state index contributed by atoms with van der Waals surface area (Å²) in [6.45, 7) is 6.96. The van der Waals surface area contributed by atoms with E-state index in [1.54, 1.807) is 7.11 Å². The molecule has 0 spiro atoms. The molecule has 1 N–H and O–H groups in total. The second-order valence-corrected chi connectivity index (χ2v) is 6.20. The molecule has 0 saturated carbocycles. The maximum Gasteiger partial charge on any atom is 0.0587 e. The van der Waals surface area contributed by atoms with Gasteiger partial charge in [0.15, 0.2) is 0 Å². The van der Waals surface area contributed by atoms with Crippen LogP contribution >= 0.6 is 11.6 Å². The van der Waals surface area contributed by atoms with Crippen molar-refractivity contribution in [1.29, 1.82) is 0 Å². The Balaban J connectivity index is 2.03. The molecule has 118 valence electrons. The van der Waals surface area contributed by atoms with E-state index in [-0.39, 0.29) is 0 Å². The van der Waals surface area contributed by atoms with Crippen molar-refractivity contribution in [1.82, 2.24) is 5.32 Å². The molecular weight excluding hydrogens is 284 g/mol. The number of benzene rings is 1. The monoisotopic (exact) mass is 310 g/mol. The first-order valence-electron chi connectivity index (χ1n) is 7.98. The summed E-state index contributed by atoms with van der Waals surface area (Å²) in [5.74, 6) is 0.836. The summed E-state index contributed by atoms with van der Waals surface area (Å²) in [7, 11) is 1.72. The van der Waals surface area contributed by atoms with E-state index in [1.807, 2.05) is 6.07 Å². The molecule has 21 heavy (non-hydrogen) atoms. The molecule has 1 saturated heterocycles. The van der Waals surface area contributed by atoms with E-state index < -0.39 is 0 Å². The first-order valence-corrected chi connectivity index (χ1v) is 8.36. The summed E-state index contributed by atoms with van der Waals surface area (Å²) in [5.41, 5.74) is 2.51. The SMILES string of the molecule is CCCC1CCN(c2cccc(Cl)c2CNCCOC)C1. The van der Waals surface area contributed by atoms with Gasteiger partial charge >= 0.3 is 0 Å². The number of halogens is 1. The molecule has 1 fully saturated rings. The number of hydrogen-bond acceptors (Lipinski definition) is 3. The lowest BCUT2D eigenvalue weighted by atomic mass is 10.0. The van der Waals surface area contributed by atoms with Crippen LogP contribution in [0.1, 0.15) is 31.7 Å². The summed E-state index contributed by atoms with van der Waals surface area (Å²) >= 11 is 6.42. The van der Waals surface area contributed by atoms with Crippen molar-refractivity contribution in [3.05, 3.63) is 28.8 Å². The Bertz CT molecular complexity index is 439. The molecule has 1 unspecified atom stereocenters. The highest BCUT2D eigenvalue weighted by molar-refractivity contribution is 6.31. The summed E-state index contributed by atoms with van der Waals surface area (Å²) < 4.78 is 5.08. The summed E-state index contributed by atoms with van der Waals surface area (Å²) in [5, 5.41) is 4.27. The second kappa shape index (κ2) is 8.62. The number of methoxy groups -OCH3 is 1. The minimum atomic E-state index is 0.724. The van der Waals surface area contributed by atoms with Crippen molar-refractivity contribution in [2.24, 2.45) is 5.92 Å². The van der Waals surface area contributed by atoms with Crippen LogP contribution in [0.15, 0.2) is 18.2 Å². The van der Waals surface area contributed by atoms with Crippen LogP contribution in [0.25, 0.3) is 0 Å². The van der Waals surface area contributed by atoms with E-state index in [2.05, 4.69) is 29.3 Å². The van der Waals surface area contributed by atoms with Crippen molar-refractivity contribution in [3.8, 4) is 0 Å². The third-order valence-electron chi connectivity index (χ3n) is 4.20. The molecule has 3 nitrogen and oxygen atoms in total. The maximum absolute atomic E-state index is 6.42. The highest BCUT2D eigenvalue weighted by Crippen LogP contribution is 2.32. The predicted octanol–water partition coefficient (Wildman–Crippen LogP) is 3.70. The highest BCUT2D eigenvalue weighted by Gasteiger charge is 2.24. The van der Waals surface area contributed by atoms with Crippen molar-refractivity contribution in [2.45, 2.75) is 32.7 Å². The molecule has 0 amide bonds. The van der Waals surface area contributed by atoms with Crippen LogP contribution in [-0.2, 0) is 11.3 Å². The van der Waals surface area contributed by atoms with Gasteiger partial charge in [0.25, 0.3) is 0 Å². The highest BCUT2D eigenvalue weighted by atomic mass is 35.5. The van der Waals surface area contributed by atoms with Gasteiger partial charge in [0.2, 0.25) is 0 Å². The fourth-order valence-electron chi connectivity index (χ4n) is 3.10. The van der Waals surface area contributed by atoms with Gasteiger partial charge in [-0.2, -0.15) is 0 Å². The van der Waals surface area contributed by atoms with Crippen molar-refractivity contribution in [2.75, 3.05) is 38.3 Å². The Morgan fingerprint density at radius 3 is 3.05 bits per heavy atom. The van der Waals surface area contributed by atoms with E-state index in [0.717, 1.165) is 37.2 Å².